The van der Waals surface area contributed by atoms with Crippen molar-refractivity contribution in [3.8, 4) is 0 Å². The van der Waals surface area contributed by atoms with E-state index in [2.05, 4.69) is 15.6 Å². The molecule has 2 bridgehead atoms. The van der Waals surface area contributed by atoms with Crippen molar-refractivity contribution in [2.75, 3.05) is 25.0 Å². The molecule has 3 aromatic rings. The Kier molecular flexibility index (Phi) is 9.17. The van der Waals surface area contributed by atoms with E-state index < -0.39 is 40.2 Å². The Morgan fingerprint density at radius 2 is 1.96 bits per heavy atom. The van der Waals surface area contributed by atoms with Crippen molar-refractivity contribution >= 4 is 42.8 Å². The zero-order chi connectivity index (χ0) is 32.9. The molecule has 2 aromatic carbocycles. The largest absolute Gasteiger partial charge is 0.443 e. The number of fused-ring (bicyclic) bond motifs is 2. The van der Waals surface area contributed by atoms with Crippen molar-refractivity contribution in [3.05, 3.63) is 53.8 Å². The second-order valence-electron chi connectivity index (χ2n) is 13.6. The molecule has 2 saturated heterocycles. The van der Waals surface area contributed by atoms with Gasteiger partial charge in [0.2, 0.25) is 10.0 Å². The summed E-state index contributed by atoms with van der Waals surface area (Å²) < 4.78 is 61.4. The third kappa shape index (κ3) is 7.27. The van der Waals surface area contributed by atoms with Gasteiger partial charge in [-0.05, 0) is 79.8 Å². The van der Waals surface area contributed by atoms with E-state index in [1.165, 1.54) is 27.8 Å². The first-order valence-electron chi connectivity index (χ1n) is 16.4. The molecule has 1 unspecified atom stereocenters. The summed E-state index contributed by atoms with van der Waals surface area (Å²) >= 11 is 1.41. The van der Waals surface area contributed by atoms with Crippen molar-refractivity contribution in [2.45, 2.75) is 87.5 Å². The molecule has 3 heterocycles. The van der Waals surface area contributed by atoms with Gasteiger partial charge >= 0.3 is 6.09 Å². The molecule has 0 spiro atoms. The molecule has 3 N–H and O–H groups in total. The van der Waals surface area contributed by atoms with Gasteiger partial charge in [0.1, 0.15) is 11.9 Å². The van der Waals surface area contributed by atoms with Crippen molar-refractivity contribution in [2.24, 2.45) is 17.8 Å². The van der Waals surface area contributed by atoms with E-state index in [-0.39, 0.29) is 48.6 Å². The van der Waals surface area contributed by atoms with E-state index in [0.29, 0.717) is 36.1 Å². The zero-order valence-electron chi connectivity index (χ0n) is 26.4. The van der Waals surface area contributed by atoms with Crippen molar-refractivity contribution in [3.63, 3.8) is 0 Å². The van der Waals surface area contributed by atoms with Crippen LogP contribution in [0.25, 0.3) is 10.2 Å². The molecule has 254 valence electrons. The lowest BCUT2D eigenvalue weighted by Gasteiger charge is -2.33. The van der Waals surface area contributed by atoms with Crippen LogP contribution in [0.2, 0.25) is 0 Å². The van der Waals surface area contributed by atoms with Gasteiger partial charge in [0.25, 0.3) is 0 Å². The molecular formula is C33H41FN4O7S2. The van der Waals surface area contributed by atoms with Crippen LogP contribution in [-0.4, -0.2) is 85.3 Å². The number of halogens is 1. The number of aliphatic hydroxyl groups is 1. The number of nitrogens with zero attached hydrogens (tertiary/aromatic N) is 2. The number of amides is 1. The van der Waals surface area contributed by atoms with Crippen LogP contribution in [0.3, 0.4) is 0 Å². The van der Waals surface area contributed by atoms with Gasteiger partial charge in [-0.25, -0.2) is 22.6 Å². The highest BCUT2D eigenvalue weighted by atomic mass is 32.2. The van der Waals surface area contributed by atoms with Crippen LogP contribution in [0, 0.1) is 23.6 Å². The first-order valence-corrected chi connectivity index (χ1v) is 18.6. The number of aromatic nitrogens is 1. The average molecular weight is 689 g/mol. The van der Waals surface area contributed by atoms with Crippen molar-refractivity contribution in [1.82, 2.24) is 14.6 Å². The van der Waals surface area contributed by atoms with Crippen molar-refractivity contribution in [1.29, 1.82) is 0 Å². The minimum atomic E-state index is -4.05. The maximum absolute atomic E-state index is 14.1. The molecule has 14 heteroatoms. The lowest BCUT2D eigenvalue weighted by Crippen LogP contribution is -2.52. The molecule has 11 nitrogen and oxygen atoms in total. The third-order valence-corrected chi connectivity index (χ3v) is 12.2. The van der Waals surface area contributed by atoms with Crippen LogP contribution in [0.15, 0.2) is 47.4 Å². The van der Waals surface area contributed by atoms with Crippen LogP contribution in [-0.2, 0) is 30.7 Å². The fraction of sp³-hybridized carbons (Fsp3) is 0.576. The molecule has 4 aliphatic rings. The lowest BCUT2D eigenvalue weighted by molar-refractivity contribution is -0.147. The second kappa shape index (κ2) is 13.2. The Morgan fingerprint density at radius 1 is 1.17 bits per heavy atom. The number of hydrogen-bond acceptors (Lipinski definition) is 10. The van der Waals surface area contributed by atoms with Gasteiger partial charge in [-0.1, -0.05) is 37.3 Å². The molecule has 7 rings (SSSR count). The topological polar surface area (TPSA) is 139 Å². The number of ether oxygens (including phenoxy) is 3. The first-order chi connectivity index (χ1) is 22.5. The van der Waals surface area contributed by atoms with Crippen LogP contribution in [0.1, 0.15) is 45.1 Å². The summed E-state index contributed by atoms with van der Waals surface area (Å²) in [6.45, 7) is 4.25. The minimum absolute atomic E-state index is 0.0484. The Labute approximate surface area is 277 Å². The summed E-state index contributed by atoms with van der Waals surface area (Å²) in [4.78, 5) is 18.0. The highest BCUT2D eigenvalue weighted by Gasteiger charge is 2.54. The van der Waals surface area contributed by atoms with Gasteiger partial charge in [-0.3, -0.25) is 0 Å². The molecule has 2 saturated carbocycles. The molecule has 47 heavy (non-hydrogen) atoms. The Balaban J connectivity index is 1.09. The summed E-state index contributed by atoms with van der Waals surface area (Å²) in [7, 11) is -4.05. The summed E-state index contributed by atoms with van der Waals surface area (Å²) in [6.07, 6.45) is 0.732. The molecule has 1 amide bonds. The Hall–Kier alpha value is -2.88. The van der Waals surface area contributed by atoms with Gasteiger partial charge in [0, 0.05) is 25.0 Å². The van der Waals surface area contributed by atoms with Crippen molar-refractivity contribution < 1.29 is 36.9 Å². The average Bonchev–Trinajstić information content (AvgIpc) is 3.43. The SMILES string of the molecule is CC(C)CN(C[C@@H](O)[C@H](Cc1ccc(F)cc1)NC(=O)O[C@H]1C[C@H]2CO[C@H]3OC1C[C@@H]23)S(=O)(=O)c1ccc2nc(NC3CC3)sc2c1. The number of rotatable bonds is 13. The van der Waals surface area contributed by atoms with Crippen LogP contribution in [0.5, 0.6) is 0 Å². The maximum atomic E-state index is 14.1. The molecular weight excluding hydrogens is 648 g/mol. The van der Waals surface area contributed by atoms with E-state index in [9.17, 15) is 22.7 Å². The lowest BCUT2D eigenvalue weighted by atomic mass is 9.80. The number of nitrogens with one attached hydrogen (secondary N) is 2. The van der Waals surface area contributed by atoms with Crippen LogP contribution < -0.4 is 10.6 Å². The maximum Gasteiger partial charge on any atom is 0.407 e. The van der Waals surface area contributed by atoms with E-state index in [0.717, 1.165) is 29.1 Å². The molecule has 7 atom stereocenters. The monoisotopic (exact) mass is 688 g/mol. The number of sulfonamides is 1. The summed E-state index contributed by atoms with van der Waals surface area (Å²) in [5.41, 5.74) is 1.38. The predicted octanol–water partition coefficient (Wildman–Crippen LogP) is 4.50. The fourth-order valence-electron chi connectivity index (χ4n) is 6.86. The van der Waals surface area contributed by atoms with E-state index in [4.69, 9.17) is 14.2 Å². The smallest absolute Gasteiger partial charge is 0.407 e. The number of benzene rings is 2. The van der Waals surface area contributed by atoms with Crippen LogP contribution in [0.4, 0.5) is 14.3 Å². The highest BCUT2D eigenvalue weighted by molar-refractivity contribution is 7.89. The standard InChI is InChI=1S/C33H41FN4O7S2/c1-18(2)15-38(47(41,42)23-9-10-25-30(13-23)46-32(36-25)35-22-7-8-22)16-27(39)26(11-19-3-5-21(34)6-4-19)37-33(40)45-28-12-20-17-43-31-24(20)14-29(28)44-31/h3-6,9-10,13,18,20,22,24,26-29,31,39H,7-8,11-12,14-17H2,1-2H3,(H,35,36)(H,37,40)/t20-,24-,26-,27+,28-,29?,31-/m0/s1. The van der Waals surface area contributed by atoms with E-state index >= 15 is 0 Å². The second-order valence-corrected chi connectivity index (χ2v) is 16.6. The highest BCUT2D eigenvalue weighted by Crippen LogP contribution is 2.47. The first kappa shape index (κ1) is 32.7. The number of thiazole rings is 1. The predicted molar refractivity (Wildman–Crippen MR) is 174 cm³/mol. The minimum Gasteiger partial charge on any atom is -0.443 e. The molecule has 2 aliphatic heterocycles. The van der Waals surface area contributed by atoms with E-state index in [1.54, 1.807) is 30.3 Å². The van der Waals surface area contributed by atoms with Gasteiger partial charge in [-0.2, -0.15) is 4.31 Å². The van der Waals surface area contributed by atoms with E-state index in [1.807, 2.05) is 13.8 Å². The Morgan fingerprint density at radius 3 is 2.70 bits per heavy atom. The molecule has 0 radical (unpaired) electrons. The molecule has 2 aliphatic carbocycles. The summed E-state index contributed by atoms with van der Waals surface area (Å²) in [5.74, 6) is 0.124. The number of carbonyl (C=O) groups is 1. The quantitative estimate of drug-likeness (QED) is 0.237. The normalized spacial score (nSPS) is 26.6. The number of anilines is 1. The fourth-order valence-corrected chi connectivity index (χ4v) is 9.56. The number of aliphatic hydroxyl groups excluding tert-OH is 1. The van der Waals surface area contributed by atoms with Gasteiger partial charge in [0.15, 0.2) is 11.4 Å². The number of alkyl carbamates (subject to hydrolysis) is 1. The van der Waals surface area contributed by atoms with Crippen LogP contribution >= 0.6 is 11.3 Å². The van der Waals surface area contributed by atoms with Gasteiger partial charge in [0.05, 0.1) is 40.0 Å². The third-order valence-electron chi connectivity index (χ3n) is 9.45. The molecule has 4 fully saturated rings. The molecule has 1 aromatic heterocycles. The number of carbonyl (C=O) groups excluding carboxylic acids is 1. The Bertz CT molecular complexity index is 1700. The number of hydrogen-bond donors (Lipinski definition) is 3. The summed E-state index contributed by atoms with van der Waals surface area (Å²) in [5, 5.41) is 18.6. The van der Waals surface area contributed by atoms with Gasteiger partial charge < -0.3 is 30.0 Å². The summed E-state index contributed by atoms with van der Waals surface area (Å²) in [6, 6.07) is 10.1. The zero-order valence-corrected chi connectivity index (χ0v) is 28.0. The van der Waals surface area contributed by atoms with Gasteiger partial charge in [-0.15, -0.1) is 0 Å².